The summed E-state index contributed by atoms with van der Waals surface area (Å²) in [4.78, 5) is 25.1. The molecule has 3 aromatic rings. The highest BCUT2D eigenvalue weighted by Crippen LogP contribution is 2.16. The number of hydrogen-bond donors (Lipinski definition) is 2. The topological polar surface area (TPSA) is 124 Å². The summed E-state index contributed by atoms with van der Waals surface area (Å²) in [7, 11) is -3.62. The fourth-order valence-corrected chi connectivity index (χ4v) is 3.38. The molecule has 0 radical (unpaired) electrons. The molecule has 3 N–H and O–H groups in total. The summed E-state index contributed by atoms with van der Waals surface area (Å²) in [5.74, 6) is -0.748. The predicted octanol–water partition coefficient (Wildman–Crippen LogP) is 1.46. The van der Waals surface area contributed by atoms with Gasteiger partial charge in [0.15, 0.2) is 5.69 Å². The average molecular weight is 386 g/mol. The number of rotatable bonds is 5. The maximum atomic E-state index is 12.7. The first-order chi connectivity index (χ1) is 12.8. The number of benzene rings is 2. The number of aromatic nitrogens is 2. The molecule has 1 aromatic heterocycles. The Labute approximate surface area is 155 Å². The van der Waals surface area contributed by atoms with E-state index in [2.05, 4.69) is 10.4 Å². The van der Waals surface area contributed by atoms with Crippen LogP contribution in [-0.2, 0) is 22.3 Å². The molecule has 0 fully saturated rings. The minimum absolute atomic E-state index is 0.140. The molecule has 27 heavy (non-hydrogen) atoms. The van der Waals surface area contributed by atoms with Gasteiger partial charge in [0.25, 0.3) is 11.5 Å². The standard InChI is InChI=1S/C18H18N4O4S/c1-2-22-18(24)15-6-4-3-5-14(15)16(21-22)17(23)20-13-9-7-12(8-10-13)11-27(19,25)26/h3-10H,2,11H2,1H3,(H,20,23)(H2,19,25,26). The average Bonchev–Trinajstić information content (AvgIpc) is 2.62. The number of aryl methyl sites for hydroxylation is 1. The van der Waals surface area contributed by atoms with Crippen molar-refractivity contribution in [2.75, 3.05) is 5.32 Å². The van der Waals surface area contributed by atoms with Crippen LogP contribution in [0.2, 0.25) is 0 Å². The Bertz CT molecular complexity index is 1170. The Balaban J connectivity index is 1.93. The second kappa shape index (κ2) is 7.29. The van der Waals surface area contributed by atoms with Crippen molar-refractivity contribution in [3.8, 4) is 0 Å². The van der Waals surface area contributed by atoms with Crippen molar-refractivity contribution in [1.82, 2.24) is 9.78 Å². The number of hydrogen-bond acceptors (Lipinski definition) is 5. The largest absolute Gasteiger partial charge is 0.321 e. The van der Waals surface area contributed by atoms with E-state index in [-0.39, 0.29) is 17.0 Å². The molecule has 0 spiro atoms. The molecule has 0 aliphatic carbocycles. The van der Waals surface area contributed by atoms with Crippen molar-refractivity contribution in [2.45, 2.75) is 19.2 Å². The molecule has 1 heterocycles. The van der Waals surface area contributed by atoms with Crippen molar-refractivity contribution < 1.29 is 13.2 Å². The van der Waals surface area contributed by atoms with E-state index < -0.39 is 15.9 Å². The van der Waals surface area contributed by atoms with Gasteiger partial charge in [-0.15, -0.1) is 0 Å². The summed E-state index contributed by atoms with van der Waals surface area (Å²) in [6, 6.07) is 13.1. The van der Waals surface area contributed by atoms with Crippen molar-refractivity contribution in [1.29, 1.82) is 0 Å². The highest BCUT2D eigenvalue weighted by atomic mass is 32.2. The first-order valence-electron chi connectivity index (χ1n) is 8.19. The number of nitrogens with zero attached hydrogens (tertiary/aromatic N) is 2. The summed E-state index contributed by atoms with van der Waals surface area (Å²) in [5.41, 5.74) is 0.870. The Morgan fingerprint density at radius 1 is 1.11 bits per heavy atom. The number of sulfonamides is 1. The SMILES string of the molecule is CCn1nc(C(=O)Nc2ccc(CS(N)(=O)=O)cc2)c2ccccc2c1=O. The van der Waals surface area contributed by atoms with Gasteiger partial charge in [-0.2, -0.15) is 5.10 Å². The van der Waals surface area contributed by atoms with Crippen LogP contribution in [0.4, 0.5) is 5.69 Å². The molecular formula is C18H18N4O4S. The Morgan fingerprint density at radius 3 is 2.33 bits per heavy atom. The first-order valence-corrected chi connectivity index (χ1v) is 9.90. The molecule has 0 aliphatic heterocycles. The third-order valence-electron chi connectivity index (χ3n) is 3.96. The molecule has 3 rings (SSSR count). The van der Waals surface area contributed by atoms with Gasteiger partial charge in [-0.25, -0.2) is 18.2 Å². The van der Waals surface area contributed by atoms with Crippen molar-refractivity contribution in [3.63, 3.8) is 0 Å². The van der Waals surface area contributed by atoms with E-state index in [9.17, 15) is 18.0 Å². The molecule has 0 bridgehead atoms. The molecule has 140 valence electrons. The summed E-state index contributed by atoms with van der Waals surface area (Å²) in [5, 5.41) is 12.8. The molecule has 0 unspecified atom stereocenters. The van der Waals surface area contributed by atoms with Gasteiger partial charge in [-0.05, 0) is 30.7 Å². The normalized spacial score (nSPS) is 11.5. The van der Waals surface area contributed by atoms with Crippen LogP contribution in [0.15, 0.2) is 53.3 Å². The number of nitrogens with two attached hydrogens (primary N) is 1. The Kier molecular flexibility index (Phi) is 5.06. The number of carbonyl (C=O) groups is 1. The van der Waals surface area contributed by atoms with Crippen LogP contribution in [0.1, 0.15) is 23.0 Å². The minimum atomic E-state index is -3.62. The maximum Gasteiger partial charge on any atom is 0.276 e. The Morgan fingerprint density at radius 2 is 1.74 bits per heavy atom. The fraction of sp³-hybridized carbons (Fsp3) is 0.167. The molecule has 0 atom stereocenters. The molecule has 1 amide bonds. The van der Waals surface area contributed by atoms with Crippen molar-refractivity contribution >= 4 is 32.4 Å². The van der Waals surface area contributed by atoms with Crippen LogP contribution in [-0.4, -0.2) is 24.1 Å². The molecule has 2 aromatic carbocycles. The van der Waals surface area contributed by atoms with E-state index in [1.807, 2.05) is 0 Å². The fourth-order valence-electron chi connectivity index (χ4n) is 2.72. The van der Waals surface area contributed by atoms with Crippen molar-refractivity contribution in [2.24, 2.45) is 5.14 Å². The van der Waals surface area contributed by atoms with Gasteiger partial charge in [-0.3, -0.25) is 9.59 Å². The molecule has 8 nitrogen and oxygen atoms in total. The third-order valence-corrected chi connectivity index (χ3v) is 4.70. The number of amides is 1. The van der Waals surface area contributed by atoms with E-state index in [1.165, 1.54) is 4.68 Å². The number of carbonyl (C=O) groups excluding carboxylic acids is 1. The highest BCUT2D eigenvalue weighted by molar-refractivity contribution is 7.88. The molecule has 0 saturated heterocycles. The Hall–Kier alpha value is -3.04. The van der Waals surface area contributed by atoms with Crippen molar-refractivity contribution in [3.05, 3.63) is 70.1 Å². The second-order valence-corrected chi connectivity index (χ2v) is 7.59. The van der Waals surface area contributed by atoms with Crippen LogP contribution in [0.5, 0.6) is 0 Å². The summed E-state index contributed by atoms with van der Waals surface area (Å²) in [6.07, 6.45) is 0. The van der Waals surface area contributed by atoms with Gasteiger partial charge in [0.05, 0.1) is 11.1 Å². The zero-order chi connectivity index (χ0) is 19.6. The van der Waals surface area contributed by atoms with Crippen LogP contribution in [0.3, 0.4) is 0 Å². The van der Waals surface area contributed by atoms with Crippen LogP contribution >= 0.6 is 0 Å². The third kappa shape index (κ3) is 4.21. The van der Waals surface area contributed by atoms with Crippen LogP contribution in [0.25, 0.3) is 10.8 Å². The molecule has 0 aliphatic rings. The molecule has 9 heteroatoms. The lowest BCUT2D eigenvalue weighted by atomic mass is 10.1. The van der Waals surface area contributed by atoms with Gasteiger partial charge in [0.1, 0.15) is 0 Å². The van der Waals surface area contributed by atoms with E-state index in [4.69, 9.17) is 5.14 Å². The quantitative estimate of drug-likeness (QED) is 0.687. The first kappa shape index (κ1) is 18.7. The molecule has 0 saturated carbocycles. The maximum absolute atomic E-state index is 12.7. The number of fused-ring (bicyclic) bond motifs is 1. The number of primary sulfonamides is 1. The van der Waals surface area contributed by atoms with Gasteiger partial charge in [0.2, 0.25) is 10.0 Å². The summed E-state index contributed by atoms with van der Waals surface area (Å²) < 4.78 is 23.5. The summed E-state index contributed by atoms with van der Waals surface area (Å²) >= 11 is 0. The number of anilines is 1. The molecular weight excluding hydrogens is 368 g/mol. The second-order valence-electron chi connectivity index (χ2n) is 5.97. The van der Waals surface area contributed by atoms with E-state index in [0.717, 1.165) is 0 Å². The smallest absolute Gasteiger partial charge is 0.276 e. The van der Waals surface area contributed by atoms with Gasteiger partial charge >= 0.3 is 0 Å². The van der Waals surface area contributed by atoms with E-state index >= 15 is 0 Å². The van der Waals surface area contributed by atoms with Gasteiger partial charge in [0, 0.05) is 17.6 Å². The van der Waals surface area contributed by atoms with Crippen LogP contribution in [0, 0.1) is 0 Å². The minimum Gasteiger partial charge on any atom is -0.321 e. The lowest BCUT2D eigenvalue weighted by Gasteiger charge is -2.10. The number of nitrogens with one attached hydrogen (secondary N) is 1. The zero-order valence-corrected chi connectivity index (χ0v) is 15.4. The van der Waals surface area contributed by atoms with Gasteiger partial charge in [-0.1, -0.05) is 30.3 Å². The van der Waals surface area contributed by atoms with E-state index in [0.29, 0.717) is 28.6 Å². The summed E-state index contributed by atoms with van der Waals surface area (Å²) in [6.45, 7) is 2.11. The highest BCUT2D eigenvalue weighted by Gasteiger charge is 2.16. The lowest BCUT2D eigenvalue weighted by Crippen LogP contribution is -2.27. The van der Waals surface area contributed by atoms with E-state index in [1.54, 1.807) is 55.5 Å². The monoisotopic (exact) mass is 386 g/mol. The van der Waals surface area contributed by atoms with Crippen LogP contribution < -0.4 is 16.0 Å². The zero-order valence-electron chi connectivity index (χ0n) is 14.5. The lowest BCUT2D eigenvalue weighted by molar-refractivity contribution is 0.102. The predicted molar refractivity (Wildman–Crippen MR) is 103 cm³/mol. The van der Waals surface area contributed by atoms with Gasteiger partial charge < -0.3 is 5.32 Å².